The van der Waals surface area contributed by atoms with Crippen LogP contribution in [0.15, 0.2) is 42.5 Å². The number of anilines is 1. The predicted molar refractivity (Wildman–Crippen MR) is 82.1 cm³/mol. The van der Waals surface area contributed by atoms with E-state index in [9.17, 15) is 9.59 Å². The number of rotatable bonds is 5. The highest BCUT2D eigenvalue weighted by molar-refractivity contribution is 6.40. The van der Waals surface area contributed by atoms with Crippen LogP contribution in [0, 0.1) is 0 Å². The summed E-state index contributed by atoms with van der Waals surface area (Å²) in [5.41, 5.74) is 0.630. The Balaban J connectivity index is 1.99. The van der Waals surface area contributed by atoms with E-state index in [1.165, 1.54) is 0 Å². The van der Waals surface area contributed by atoms with Gasteiger partial charge in [-0.25, -0.2) is 0 Å². The van der Waals surface area contributed by atoms with Gasteiger partial charge in [-0.3, -0.25) is 9.59 Å². The Hall–Kier alpha value is -2.40. The molecule has 0 atom stereocenters. The Morgan fingerprint density at radius 2 is 1.81 bits per heavy atom. The SMILES string of the molecule is COCCCNC(=O)C(=O)Nc1cccc2ccccc12. The van der Waals surface area contributed by atoms with Crippen molar-refractivity contribution in [2.24, 2.45) is 0 Å². The summed E-state index contributed by atoms with van der Waals surface area (Å²) in [6.07, 6.45) is 0.670. The molecule has 0 unspecified atom stereocenters. The first kappa shape index (κ1) is 15.0. The van der Waals surface area contributed by atoms with E-state index in [1.54, 1.807) is 13.2 Å². The molecule has 0 bridgehead atoms. The summed E-state index contributed by atoms with van der Waals surface area (Å²) in [5, 5.41) is 7.11. The molecule has 0 saturated heterocycles. The smallest absolute Gasteiger partial charge is 0.313 e. The van der Waals surface area contributed by atoms with Crippen molar-refractivity contribution in [1.82, 2.24) is 5.32 Å². The highest BCUT2D eigenvalue weighted by Gasteiger charge is 2.13. The molecule has 21 heavy (non-hydrogen) atoms. The van der Waals surface area contributed by atoms with Gasteiger partial charge < -0.3 is 15.4 Å². The first-order valence-electron chi connectivity index (χ1n) is 6.78. The van der Waals surface area contributed by atoms with Crippen molar-refractivity contribution < 1.29 is 14.3 Å². The van der Waals surface area contributed by atoms with Crippen LogP contribution < -0.4 is 10.6 Å². The van der Waals surface area contributed by atoms with Crippen LogP contribution in [0.25, 0.3) is 10.8 Å². The van der Waals surface area contributed by atoms with Crippen LogP contribution in [0.4, 0.5) is 5.69 Å². The molecule has 0 aliphatic rings. The fourth-order valence-corrected chi connectivity index (χ4v) is 2.01. The number of nitrogens with one attached hydrogen (secondary N) is 2. The lowest BCUT2D eigenvalue weighted by molar-refractivity contribution is -0.136. The maximum Gasteiger partial charge on any atom is 0.313 e. The lowest BCUT2D eigenvalue weighted by atomic mass is 10.1. The molecule has 2 N–H and O–H groups in total. The van der Waals surface area contributed by atoms with Gasteiger partial charge in [0.2, 0.25) is 0 Å². The van der Waals surface area contributed by atoms with Gasteiger partial charge in [0, 0.05) is 31.3 Å². The molecule has 110 valence electrons. The number of hydrogen-bond acceptors (Lipinski definition) is 3. The molecule has 2 rings (SSSR count). The largest absolute Gasteiger partial charge is 0.385 e. The molecule has 2 aromatic rings. The zero-order valence-corrected chi connectivity index (χ0v) is 11.9. The molecule has 0 heterocycles. The van der Waals surface area contributed by atoms with Crippen molar-refractivity contribution in [3.05, 3.63) is 42.5 Å². The summed E-state index contributed by atoms with van der Waals surface area (Å²) in [6, 6.07) is 13.2. The highest BCUT2D eigenvalue weighted by atomic mass is 16.5. The Morgan fingerprint density at radius 3 is 2.62 bits per heavy atom. The number of carbonyl (C=O) groups excluding carboxylic acids is 2. The van der Waals surface area contributed by atoms with E-state index in [2.05, 4.69) is 10.6 Å². The van der Waals surface area contributed by atoms with E-state index in [1.807, 2.05) is 36.4 Å². The van der Waals surface area contributed by atoms with E-state index >= 15 is 0 Å². The highest BCUT2D eigenvalue weighted by Crippen LogP contribution is 2.22. The third-order valence-corrected chi connectivity index (χ3v) is 3.05. The van der Waals surface area contributed by atoms with Crippen LogP contribution in [0.1, 0.15) is 6.42 Å². The minimum atomic E-state index is -0.663. The topological polar surface area (TPSA) is 67.4 Å². The number of carbonyl (C=O) groups is 2. The summed E-state index contributed by atoms with van der Waals surface area (Å²) in [5.74, 6) is -1.30. The molecule has 0 aromatic heterocycles. The average Bonchev–Trinajstić information content (AvgIpc) is 2.51. The predicted octanol–water partition coefficient (Wildman–Crippen LogP) is 1.93. The number of hydrogen-bond donors (Lipinski definition) is 2. The molecule has 0 aliphatic heterocycles. The number of benzene rings is 2. The van der Waals surface area contributed by atoms with Gasteiger partial charge in [0.1, 0.15) is 0 Å². The summed E-state index contributed by atoms with van der Waals surface area (Å²) in [6.45, 7) is 0.959. The van der Waals surface area contributed by atoms with Gasteiger partial charge in [-0.2, -0.15) is 0 Å². The lowest BCUT2D eigenvalue weighted by Gasteiger charge is -2.09. The monoisotopic (exact) mass is 286 g/mol. The summed E-state index contributed by atoms with van der Waals surface area (Å²) in [7, 11) is 1.59. The summed E-state index contributed by atoms with van der Waals surface area (Å²) in [4.78, 5) is 23.5. The van der Waals surface area contributed by atoms with E-state index < -0.39 is 11.8 Å². The van der Waals surface area contributed by atoms with E-state index in [0.29, 0.717) is 25.3 Å². The molecule has 5 heteroatoms. The summed E-state index contributed by atoms with van der Waals surface area (Å²) < 4.78 is 4.88. The van der Waals surface area contributed by atoms with Crippen LogP contribution in [0.2, 0.25) is 0 Å². The Labute approximate surface area is 123 Å². The maximum atomic E-state index is 11.9. The van der Waals surface area contributed by atoms with Crippen LogP contribution >= 0.6 is 0 Å². The van der Waals surface area contributed by atoms with Gasteiger partial charge >= 0.3 is 11.8 Å². The molecule has 0 saturated carbocycles. The van der Waals surface area contributed by atoms with Gasteiger partial charge in [0.25, 0.3) is 0 Å². The molecule has 5 nitrogen and oxygen atoms in total. The minimum Gasteiger partial charge on any atom is -0.385 e. The zero-order valence-electron chi connectivity index (χ0n) is 11.9. The van der Waals surface area contributed by atoms with Crippen LogP contribution in [-0.4, -0.2) is 32.1 Å². The molecule has 0 aliphatic carbocycles. The van der Waals surface area contributed by atoms with E-state index in [-0.39, 0.29) is 0 Å². The normalized spacial score (nSPS) is 10.3. The quantitative estimate of drug-likeness (QED) is 0.652. The second-order valence-electron chi connectivity index (χ2n) is 4.58. The molecule has 0 radical (unpaired) electrons. The fourth-order valence-electron chi connectivity index (χ4n) is 2.01. The Morgan fingerprint density at radius 1 is 1.05 bits per heavy atom. The number of amides is 2. The van der Waals surface area contributed by atoms with Gasteiger partial charge in [-0.05, 0) is 17.9 Å². The molecule has 0 spiro atoms. The number of fused-ring (bicyclic) bond motifs is 1. The van der Waals surface area contributed by atoms with Crippen molar-refractivity contribution in [2.45, 2.75) is 6.42 Å². The van der Waals surface area contributed by atoms with Gasteiger partial charge in [0.15, 0.2) is 0 Å². The Bertz CT molecular complexity index is 635. The average molecular weight is 286 g/mol. The van der Waals surface area contributed by atoms with Crippen LogP contribution in [0.3, 0.4) is 0 Å². The van der Waals surface area contributed by atoms with Crippen molar-refractivity contribution in [3.63, 3.8) is 0 Å². The van der Waals surface area contributed by atoms with Gasteiger partial charge in [0.05, 0.1) is 0 Å². The zero-order chi connectivity index (χ0) is 15.1. The lowest BCUT2D eigenvalue weighted by Crippen LogP contribution is -2.36. The summed E-state index contributed by atoms with van der Waals surface area (Å²) >= 11 is 0. The fraction of sp³-hybridized carbons (Fsp3) is 0.250. The number of methoxy groups -OCH3 is 1. The van der Waals surface area contributed by atoms with Crippen molar-refractivity contribution >= 4 is 28.3 Å². The van der Waals surface area contributed by atoms with Crippen LogP contribution in [0.5, 0.6) is 0 Å². The van der Waals surface area contributed by atoms with Crippen molar-refractivity contribution in [2.75, 3.05) is 25.6 Å². The minimum absolute atomic E-state index is 0.412. The first-order valence-corrected chi connectivity index (χ1v) is 6.78. The van der Waals surface area contributed by atoms with Gasteiger partial charge in [-0.15, -0.1) is 0 Å². The third-order valence-electron chi connectivity index (χ3n) is 3.05. The molecule has 2 amide bonds. The number of ether oxygens (including phenoxy) is 1. The molecule has 0 fully saturated rings. The van der Waals surface area contributed by atoms with Crippen LogP contribution in [-0.2, 0) is 14.3 Å². The van der Waals surface area contributed by atoms with E-state index in [4.69, 9.17) is 4.74 Å². The first-order chi connectivity index (χ1) is 10.2. The Kier molecular flexibility index (Phi) is 5.29. The second kappa shape index (κ2) is 7.40. The van der Waals surface area contributed by atoms with Crippen molar-refractivity contribution in [3.8, 4) is 0 Å². The molecular formula is C16H18N2O3. The molecular weight excluding hydrogens is 268 g/mol. The van der Waals surface area contributed by atoms with Gasteiger partial charge in [-0.1, -0.05) is 36.4 Å². The van der Waals surface area contributed by atoms with E-state index in [0.717, 1.165) is 10.8 Å². The standard InChI is InChI=1S/C16H18N2O3/c1-21-11-5-10-17-15(19)16(20)18-14-9-4-7-12-6-2-3-8-13(12)14/h2-4,6-9H,5,10-11H2,1H3,(H,17,19)(H,18,20). The third kappa shape index (κ3) is 4.03. The second-order valence-corrected chi connectivity index (χ2v) is 4.58. The van der Waals surface area contributed by atoms with Crippen molar-refractivity contribution in [1.29, 1.82) is 0 Å². The maximum absolute atomic E-state index is 11.9. The molecule has 2 aromatic carbocycles.